The average Bonchev–Trinajstić information content (AvgIpc) is 1.69. The quantitative estimate of drug-likeness (QED) is 0.417. The Bertz CT molecular complexity index is 47.7. The lowest BCUT2D eigenvalue weighted by atomic mass is 11.0. The Morgan fingerprint density at radius 3 is 2.00 bits per heavy atom. The summed E-state index contributed by atoms with van der Waals surface area (Å²) in [5.41, 5.74) is 0. The minimum atomic E-state index is 0.750. The fraction of sp³-hybridized carbons (Fsp3) is 0.750. The molecule has 0 aliphatic carbocycles. The lowest BCUT2D eigenvalue weighted by Gasteiger charge is -1.69. The minimum absolute atomic E-state index is 0.750. The molecule has 0 aliphatic rings. The van der Waals surface area contributed by atoms with E-state index < -0.39 is 0 Å². The molecule has 0 aromatic carbocycles. The van der Waals surface area contributed by atoms with Gasteiger partial charge >= 0.3 is 0 Å². The van der Waals surface area contributed by atoms with E-state index in [0.717, 1.165) is 6.08 Å². The molecule has 0 amide bonds. The summed E-state index contributed by atoms with van der Waals surface area (Å²) >= 11 is 1.86. The van der Waals surface area contributed by atoms with E-state index in [1.54, 1.807) is 0 Å². The van der Waals surface area contributed by atoms with E-state index in [-0.39, 0.29) is 0 Å². The highest BCUT2D eigenvalue weighted by molar-refractivity contribution is 7.98. The summed E-state index contributed by atoms with van der Waals surface area (Å²) in [5, 5.41) is 5.40. The molecule has 0 aromatic rings. The third kappa shape index (κ3) is 150. The number of carbonyl (C=O) groups excluding carboxylic acids is 1. The van der Waals surface area contributed by atoms with Crippen LogP contribution in [0.4, 0.5) is 0 Å². The maximum atomic E-state index is 8.35. The van der Waals surface area contributed by atoms with Crippen molar-refractivity contribution in [1.29, 1.82) is 5.41 Å². The SMILES string of the molecule is CCSC.N=C=O. The first-order valence-electron chi connectivity index (χ1n) is 1.86. The summed E-state index contributed by atoms with van der Waals surface area (Å²) in [6.07, 6.45) is 2.85. The van der Waals surface area contributed by atoms with Gasteiger partial charge in [0.2, 0.25) is 6.08 Å². The highest BCUT2D eigenvalue weighted by Crippen LogP contribution is 1.83. The number of thioether (sulfide) groups is 1. The fourth-order valence-corrected chi connectivity index (χ4v) is 0. The summed E-state index contributed by atoms with van der Waals surface area (Å²) < 4.78 is 0. The Balaban J connectivity index is 0. The van der Waals surface area contributed by atoms with E-state index in [0.29, 0.717) is 0 Å². The topological polar surface area (TPSA) is 40.9 Å². The van der Waals surface area contributed by atoms with Crippen LogP contribution in [0.3, 0.4) is 0 Å². The van der Waals surface area contributed by atoms with Gasteiger partial charge in [-0.2, -0.15) is 11.8 Å². The Kier molecular flexibility index (Phi) is 24.3. The zero-order valence-electron chi connectivity index (χ0n) is 4.52. The van der Waals surface area contributed by atoms with Crippen LogP contribution in [0.5, 0.6) is 0 Å². The van der Waals surface area contributed by atoms with Gasteiger partial charge in [-0.25, -0.2) is 10.2 Å². The third-order valence-electron chi connectivity index (χ3n) is 0.289. The van der Waals surface area contributed by atoms with Crippen molar-refractivity contribution in [3.8, 4) is 0 Å². The molecule has 0 heterocycles. The van der Waals surface area contributed by atoms with E-state index in [2.05, 4.69) is 13.2 Å². The van der Waals surface area contributed by atoms with E-state index in [1.807, 2.05) is 11.8 Å². The van der Waals surface area contributed by atoms with Gasteiger partial charge in [0.15, 0.2) is 0 Å². The second-order valence-electron chi connectivity index (χ2n) is 0.679. The molecule has 0 saturated heterocycles. The Labute approximate surface area is 47.8 Å². The number of nitrogens with one attached hydrogen (secondary N) is 1. The summed E-state index contributed by atoms with van der Waals surface area (Å²) in [7, 11) is 0. The molecule has 42 valence electrons. The molecule has 0 saturated carbocycles. The van der Waals surface area contributed by atoms with Crippen LogP contribution in [-0.2, 0) is 4.79 Å². The van der Waals surface area contributed by atoms with Gasteiger partial charge < -0.3 is 0 Å². The summed E-state index contributed by atoms with van der Waals surface area (Å²) in [4.78, 5) is 8.35. The predicted octanol–water partition coefficient (Wildman–Crippen LogP) is 1.27. The summed E-state index contributed by atoms with van der Waals surface area (Å²) in [6.45, 7) is 2.14. The molecular weight excluding hydrogens is 110 g/mol. The van der Waals surface area contributed by atoms with E-state index in [9.17, 15) is 0 Å². The molecule has 3 heteroatoms. The van der Waals surface area contributed by atoms with Crippen molar-refractivity contribution in [3.05, 3.63) is 0 Å². The van der Waals surface area contributed by atoms with Crippen LogP contribution in [-0.4, -0.2) is 18.1 Å². The molecular formula is C4H9NOS. The summed E-state index contributed by atoms with van der Waals surface area (Å²) in [5.74, 6) is 1.24. The van der Waals surface area contributed by atoms with Gasteiger partial charge in [0, 0.05) is 0 Å². The van der Waals surface area contributed by atoms with Crippen LogP contribution in [0.1, 0.15) is 6.92 Å². The zero-order valence-corrected chi connectivity index (χ0v) is 5.34. The van der Waals surface area contributed by atoms with E-state index in [1.165, 1.54) is 5.75 Å². The minimum Gasteiger partial charge on any atom is -0.222 e. The van der Waals surface area contributed by atoms with Crippen molar-refractivity contribution >= 4 is 17.8 Å². The fourth-order valence-electron chi connectivity index (χ4n) is 0. The highest BCUT2D eigenvalue weighted by atomic mass is 32.2. The van der Waals surface area contributed by atoms with Gasteiger partial charge in [-0.1, -0.05) is 6.92 Å². The average molecular weight is 119 g/mol. The first kappa shape index (κ1) is 9.88. The lowest BCUT2D eigenvalue weighted by molar-refractivity contribution is 0.563. The molecule has 1 N–H and O–H groups in total. The second-order valence-corrected chi connectivity index (χ2v) is 1.83. The smallest absolute Gasteiger partial charge is 0.222 e. The molecule has 0 radical (unpaired) electrons. The third-order valence-corrected chi connectivity index (χ3v) is 0.866. The van der Waals surface area contributed by atoms with Gasteiger partial charge in [0.05, 0.1) is 0 Å². The van der Waals surface area contributed by atoms with Crippen LogP contribution >= 0.6 is 11.8 Å². The normalized spacial score (nSPS) is 5.43. The number of hydrogen-bond acceptors (Lipinski definition) is 3. The molecule has 0 spiro atoms. The molecule has 0 unspecified atom stereocenters. The molecule has 0 rings (SSSR count). The molecule has 2 nitrogen and oxygen atoms in total. The molecule has 0 bridgehead atoms. The van der Waals surface area contributed by atoms with E-state index >= 15 is 0 Å². The molecule has 7 heavy (non-hydrogen) atoms. The van der Waals surface area contributed by atoms with Gasteiger partial charge in [-0.05, 0) is 12.0 Å². The van der Waals surface area contributed by atoms with E-state index in [4.69, 9.17) is 10.2 Å². The van der Waals surface area contributed by atoms with Gasteiger partial charge in [-0.15, -0.1) is 0 Å². The van der Waals surface area contributed by atoms with Gasteiger partial charge in [0.1, 0.15) is 0 Å². The number of isocyanates is 1. The maximum absolute atomic E-state index is 8.35. The largest absolute Gasteiger partial charge is 0.231 e. The molecule has 0 atom stereocenters. The van der Waals surface area contributed by atoms with Crippen LogP contribution in [0.25, 0.3) is 0 Å². The zero-order chi connectivity index (χ0) is 6.12. The van der Waals surface area contributed by atoms with Crippen LogP contribution in [0, 0.1) is 5.41 Å². The first-order chi connectivity index (χ1) is 3.33. The Morgan fingerprint density at radius 1 is 1.86 bits per heavy atom. The van der Waals surface area contributed by atoms with Crippen LogP contribution in [0.2, 0.25) is 0 Å². The Hall–Kier alpha value is -0.270. The maximum Gasteiger partial charge on any atom is 0.231 e. The molecule has 0 aliphatic heterocycles. The molecule has 0 fully saturated rings. The van der Waals surface area contributed by atoms with Crippen molar-refractivity contribution in [3.63, 3.8) is 0 Å². The highest BCUT2D eigenvalue weighted by Gasteiger charge is 1.55. The lowest BCUT2D eigenvalue weighted by Crippen LogP contribution is -1.52. The predicted molar refractivity (Wildman–Crippen MR) is 32.5 cm³/mol. The Morgan fingerprint density at radius 2 is 2.00 bits per heavy atom. The van der Waals surface area contributed by atoms with Gasteiger partial charge in [0.25, 0.3) is 0 Å². The van der Waals surface area contributed by atoms with Crippen LogP contribution in [0.15, 0.2) is 0 Å². The monoisotopic (exact) mass is 119 g/mol. The number of hydrogen-bond donors (Lipinski definition) is 1. The standard InChI is InChI=1S/C3H8S.CHNO/c1-3-4-2;2-1-3/h3H2,1-2H3;2H. The van der Waals surface area contributed by atoms with Crippen molar-refractivity contribution < 1.29 is 4.79 Å². The van der Waals surface area contributed by atoms with Crippen LogP contribution < -0.4 is 0 Å². The van der Waals surface area contributed by atoms with Crippen molar-refractivity contribution in [2.24, 2.45) is 0 Å². The van der Waals surface area contributed by atoms with Gasteiger partial charge in [-0.3, -0.25) is 0 Å². The summed E-state index contributed by atoms with van der Waals surface area (Å²) in [6, 6.07) is 0. The van der Waals surface area contributed by atoms with Crippen molar-refractivity contribution in [2.75, 3.05) is 12.0 Å². The second kappa shape index (κ2) is 17.2. The molecule has 0 aromatic heterocycles. The van der Waals surface area contributed by atoms with Crippen molar-refractivity contribution in [2.45, 2.75) is 6.92 Å². The number of rotatable bonds is 1. The van der Waals surface area contributed by atoms with Crippen molar-refractivity contribution in [1.82, 2.24) is 0 Å². The first-order valence-corrected chi connectivity index (χ1v) is 3.25.